The molecule has 1 heterocycles. The van der Waals surface area contributed by atoms with E-state index < -0.39 is 0 Å². The molecule has 1 N–H and O–H groups in total. The molecule has 0 spiro atoms. The first-order chi connectivity index (χ1) is 11.0. The number of nitrogens with one attached hydrogen (secondary N) is 1. The molecule has 1 amide bonds. The number of halogens is 1. The van der Waals surface area contributed by atoms with Crippen molar-refractivity contribution in [2.45, 2.75) is 13.8 Å². The summed E-state index contributed by atoms with van der Waals surface area (Å²) in [7, 11) is 1.59. The third kappa shape index (κ3) is 5.24. The number of hydrogen-bond donors (Lipinski definition) is 1. The Kier molecular flexibility index (Phi) is 6.47. The lowest BCUT2D eigenvalue weighted by Gasteiger charge is -2.14. The van der Waals surface area contributed by atoms with Crippen molar-refractivity contribution in [1.29, 1.82) is 0 Å². The number of carbonyl (C=O) groups is 1. The number of benzene rings is 1. The van der Waals surface area contributed by atoms with Crippen LogP contribution in [0.15, 0.2) is 26.8 Å². The molecule has 0 unspecified atom stereocenters. The third-order valence-electron chi connectivity index (χ3n) is 2.75. The van der Waals surface area contributed by atoms with E-state index in [-0.39, 0.29) is 5.91 Å². The zero-order chi connectivity index (χ0) is 16.8. The molecule has 8 heteroatoms. The van der Waals surface area contributed by atoms with Crippen molar-refractivity contribution in [3.05, 3.63) is 22.2 Å². The summed E-state index contributed by atoms with van der Waals surface area (Å²) in [5.74, 6) is 2.04. The van der Waals surface area contributed by atoms with Gasteiger partial charge in [0.05, 0.1) is 30.2 Å². The summed E-state index contributed by atoms with van der Waals surface area (Å²) >= 11 is 4.82. The normalized spacial score (nSPS) is 16.4. The second-order valence-corrected chi connectivity index (χ2v) is 7.04. The smallest absolute Gasteiger partial charge is 0.236 e. The Hall–Kier alpha value is -1.54. The number of carbonyl (C=O) groups excluding carboxylic acids is 1. The van der Waals surface area contributed by atoms with E-state index >= 15 is 0 Å². The summed E-state index contributed by atoms with van der Waals surface area (Å²) in [6.07, 6.45) is 1.59. The van der Waals surface area contributed by atoms with Crippen LogP contribution in [-0.2, 0) is 4.79 Å². The number of thioether (sulfide) groups is 1. The lowest BCUT2D eigenvalue weighted by atomic mass is 10.2. The Balaban J connectivity index is 2.14. The average molecular weight is 400 g/mol. The lowest BCUT2D eigenvalue weighted by Crippen LogP contribution is -2.19. The number of methoxy groups -OCH3 is 1. The highest BCUT2D eigenvalue weighted by Gasteiger charge is 2.16. The monoisotopic (exact) mass is 399 g/mol. The molecule has 1 saturated heterocycles. The van der Waals surface area contributed by atoms with Crippen LogP contribution in [0, 0.1) is 5.92 Å². The predicted molar refractivity (Wildman–Crippen MR) is 96.7 cm³/mol. The van der Waals surface area contributed by atoms with E-state index in [9.17, 15) is 4.79 Å². The minimum Gasteiger partial charge on any atom is -0.493 e. The third-order valence-corrected chi connectivity index (χ3v) is 4.21. The van der Waals surface area contributed by atoms with Crippen LogP contribution in [0.5, 0.6) is 11.5 Å². The standard InChI is InChI=1S/C15H18BrN3O3S/c1-9(2)7-22-14-11(16)4-10(5-12(14)21-3)6-17-19-15-18-13(20)8-23-15/h4-6,9H,7-8H2,1-3H3,(H,18,19,20). The first-order valence-corrected chi connectivity index (χ1v) is 8.81. The maximum atomic E-state index is 11.1. The van der Waals surface area contributed by atoms with Gasteiger partial charge in [-0.3, -0.25) is 4.79 Å². The molecular weight excluding hydrogens is 382 g/mol. The highest BCUT2D eigenvalue weighted by atomic mass is 79.9. The van der Waals surface area contributed by atoms with Crippen molar-refractivity contribution in [2.75, 3.05) is 19.5 Å². The largest absolute Gasteiger partial charge is 0.493 e. The fraction of sp³-hybridized carbons (Fsp3) is 0.400. The van der Waals surface area contributed by atoms with Gasteiger partial charge in [0.1, 0.15) is 0 Å². The first kappa shape index (κ1) is 17.8. The van der Waals surface area contributed by atoms with Gasteiger partial charge < -0.3 is 14.8 Å². The number of nitrogens with zero attached hydrogens (tertiary/aromatic N) is 2. The summed E-state index contributed by atoms with van der Waals surface area (Å²) in [5, 5.41) is 11.1. The van der Waals surface area contributed by atoms with Crippen LogP contribution in [-0.4, -0.2) is 36.8 Å². The van der Waals surface area contributed by atoms with E-state index in [1.54, 1.807) is 13.3 Å². The van der Waals surface area contributed by atoms with Crippen LogP contribution in [0.1, 0.15) is 19.4 Å². The fourth-order valence-corrected chi connectivity index (χ4v) is 2.94. The number of amides is 1. The van der Waals surface area contributed by atoms with Gasteiger partial charge in [-0.1, -0.05) is 25.6 Å². The molecule has 1 fully saturated rings. The van der Waals surface area contributed by atoms with Gasteiger partial charge in [-0.2, -0.15) is 5.10 Å². The molecule has 0 bridgehead atoms. The predicted octanol–water partition coefficient (Wildman–Crippen LogP) is 3.05. The zero-order valence-electron chi connectivity index (χ0n) is 13.1. The molecule has 124 valence electrons. The molecule has 0 atom stereocenters. The second kappa shape index (κ2) is 8.35. The van der Waals surface area contributed by atoms with Gasteiger partial charge in [0.2, 0.25) is 5.91 Å². The van der Waals surface area contributed by atoms with Crippen LogP contribution < -0.4 is 14.8 Å². The molecule has 0 saturated carbocycles. The molecule has 1 aromatic carbocycles. The molecule has 1 aliphatic rings. The van der Waals surface area contributed by atoms with Crippen LogP contribution in [0.4, 0.5) is 0 Å². The van der Waals surface area contributed by atoms with Gasteiger partial charge in [-0.25, -0.2) is 0 Å². The average Bonchev–Trinajstić information content (AvgIpc) is 2.91. The van der Waals surface area contributed by atoms with E-state index in [2.05, 4.69) is 45.3 Å². The van der Waals surface area contributed by atoms with Crippen molar-refractivity contribution in [3.8, 4) is 11.5 Å². The van der Waals surface area contributed by atoms with Crippen molar-refractivity contribution < 1.29 is 14.3 Å². The highest BCUT2D eigenvalue weighted by molar-refractivity contribution is 9.10. The molecule has 0 radical (unpaired) electrons. The summed E-state index contributed by atoms with van der Waals surface area (Å²) in [5.41, 5.74) is 0.810. The fourth-order valence-electron chi connectivity index (χ4n) is 1.73. The van der Waals surface area contributed by atoms with Gasteiger partial charge in [0, 0.05) is 0 Å². The molecule has 0 aliphatic carbocycles. The highest BCUT2D eigenvalue weighted by Crippen LogP contribution is 2.36. The lowest BCUT2D eigenvalue weighted by molar-refractivity contribution is -0.116. The maximum absolute atomic E-state index is 11.1. The van der Waals surface area contributed by atoms with E-state index in [1.165, 1.54) is 11.8 Å². The topological polar surface area (TPSA) is 72.3 Å². The number of hydrogen-bond acceptors (Lipinski definition) is 6. The van der Waals surface area contributed by atoms with E-state index in [1.807, 2.05) is 12.1 Å². The molecule has 0 aromatic heterocycles. The summed E-state index contributed by atoms with van der Waals surface area (Å²) in [4.78, 5) is 11.1. The van der Waals surface area contributed by atoms with Gasteiger partial charge in [-0.15, -0.1) is 5.10 Å². The van der Waals surface area contributed by atoms with Gasteiger partial charge in [0.15, 0.2) is 16.7 Å². The Bertz CT molecular complexity index is 647. The maximum Gasteiger partial charge on any atom is 0.236 e. The van der Waals surface area contributed by atoms with Crippen molar-refractivity contribution >= 4 is 45.0 Å². The van der Waals surface area contributed by atoms with Crippen LogP contribution >= 0.6 is 27.7 Å². The molecule has 1 aromatic rings. The molecular formula is C15H18BrN3O3S. The summed E-state index contributed by atoms with van der Waals surface area (Å²) in [6, 6.07) is 3.70. The number of rotatable bonds is 6. The number of amidine groups is 1. The Morgan fingerprint density at radius 1 is 1.48 bits per heavy atom. The molecule has 2 rings (SSSR count). The van der Waals surface area contributed by atoms with Gasteiger partial charge in [0.25, 0.3) is 0 Å². The molecule has 1 aliphatic heterocycles. The quantitative estimate of drug-likeness (QED) is 0.589. The summed E-state index contributed by atoms with van der Waals surface area (Å²) in [6.45, 7) is 4.77. The Labute approximate surface area is 147 Å². The van der Waals surface area contributed by atoms with Crippen molar-refractivity contribution in [2.24, 2.45) is 16.1 Å². The Morgan fingerprint density at radius 2 is 2.26 bits per heavy atom. The first-order valence-electron chi connectivity index (χ1n) is 7.03. The van der Waals surface area contributed by atoms with Crippen LogP contribution in [0.3, 0.4) is 0 Å². The van der Waals surface area contributed by atoms with Crippen molar-refractivity contribution in [1.82, 2.24) is 5.32 Å². The van der Waals surface area contributed by atoms with E-state index in [0.717, 1.165) is 10.0 Å². The van der Waals surface area contributed by atoms with Crippen molar-refractivity contribution in [3.63, 3.8) is 0 Å². The second-order valence-electron chi connectivity index (χ2n) is 5.23. The minimum absolute atomic E-state index is 0.0555. The zero-order valence-corrected chi connectivity index (χ0v) is 15.5. The van der Waals surface area contributed by atoms with Crippen LogP contribution in [0.25, 0.3) is 0 Å². The minimum atomic E-state index is -0.0555. The molecule has 23 heavy (non-hydrogen) atoms. The summed E-state index contributed by atoms with van der Waals surface area (Å²) < 4.78 is 11.9. The van der Waals surface area contributed by atoms with Gasteiger partial charge >= 0.3 is 0 Å². The van der Waals surface area contributed by atoms with E-state index in [0.29, 0.717) is 34.9 Å². The van der Waals surface area contributed by atoms with Gasteiger partial charge in [-0.05, 0) is 39.5 Å². The number of ether oxygens (including phenoxy) is 2. The van der Waals surface area contributed by atoms with E-state index in [4.69, 9.17) is 9.47 Å². The van der Waals surface area contributed by atoms with Crippen LogP contribution in [0.2, 0.25) is 0 Å². The Morgan fingerprint density at radius 3 is 2.87 bits per heavy atom. The SMILES string of the molecule is COc1cc(C=NN=C2NC(=O)CS2)cc(Br)c1OCC(C)C. The molecule has 6 nitrogen and oxygen atoms in total.